The molecule has 0 fully saturated rings. The molecular formula is C14H17N3O3. The minimum atomic E-state index is -0.285. The lowest BCUT2D eigenvalue weighted by Gasteiger charge is -2.07. The lowest BCUT2D eigenvalue weighted by molar-refractivity contribution is -0.144. The molecule has 0 saturated heterocycles. The van der Waals surface area contributed by atoms with Crippen LogP contribution >= 0.6 is 0 Å². The van der Waals surface area contributed by atoms with Crippen molar-refractivity contribution in [3.05, 3.63) is 42.7 Å². The van der Waals surface area contributed by atoms with Gasteiger partial charge in [0.05, 0.1) is 19.6 Å². The number of hydrogen-bond donors (Lipinski definition) is 1. The van der Waals surface area contributed by atoms with Gasteiger partial charge in [0.2, 0.25) is 0 Å². The average molecular weight is 275 g/mol. The van der Waals surface area contributed by atoms with Crippen molar-refractivity contribution in [3.63, 3.8) is 0 Å². The van der Waals surface area contributed by atoms with Gasteiger partial charge in [0.15, 0.2) is 0 Å². The van der Waals surface area contributed by atoms with E-state index in [9.17, 15) is 4.79 Å². The summed E-state index contributed by atoms with van der Waals surface area (Å²) in [7, 11) is 0. The van der Waals surface area contributed by atoms with Crippen LogP contribution in [0.1, 0.15) is 6.42 Å². The minimum absolute atomic E-state index is 0.212. The van der Waals surface area contributed by atoms with E-state index in [1.807, 2.05) is 12.3 Å². The van der Waals surface area contributed by atoms with Gasteiger partial charge in [-0.3, -0.25) is 9.48 Å². The summed E-state index contributed by atoms with van der Waals surface area (Å²) < 4.78 is 12.2. The Labute approximate surface area is 117 Å². The number of hydrogen-bond acceptors (Lipinski definition) is 5. The van der Waals surface area contributed by atoms with Gasteiger partial charge in [0.1, 0.15) is 12.4 Å². The van der Waals surface area contributed by atoms with Gasteiger partial charge in [-0.05, 0) is 30.3 Å². The van der Waals surface area contributed by atoms with Crippen LogP contribution in [0.25, 0.3) is 0 Å². The van der Waals surface area contributed by atoms with Crippen molar-refractivity contribution in [2.75, 3.05) is 18.9 Å². The fraction of sp³-hybridized carbons (Fsp3) is 0.286. The molecule has 0 aliphatic carbocycles. The van der Waals surface area contributed by atoms with Gasteiger partial charge in [-0.25, -0.2) is 0 Å². The van der Waals surface area contributed by atoms with Crippen LogP contribution in [0.15, 0.2) is 42.7 Å². The molecule has 20 heavy (non-hydrogen) atoms. The third kappa shape index (κ3) is 4.64. The molecule has 0 spiro atoms. The van der Waals surface area contributed by atoms with Crippen LogP contribution in [-0.4, -0.2) is 29.0 Å². The maximum atomic E-state index is 11.5. The lowest BCUT2D eigenvalue weighted by atomic mass is 10.3. The maximum Gasteiger partial charge on any atom is 0.309 e. The van der Waals surface area contributed by atoms with Crippen molar-refractivity contribution in [2.24, 2.45) is 0 Å². The Morgan fingerprint density at radius 2 is 2.05 bits per heavy atom. The number of ether oxygens (including phenoxy) is 2. The number of aromatic nitrogens is 2. The molecule has 1 heterocycles. The molecule has 6 nitrogen and oxygen atoms in total. The Hall–Kier alpha value is -2.50. The highest BCUT2D eigenvalue weighted by molar-refractivity contribution is 5.69. The Kier molecular flexibility index (Phi) is 5.00. The number of benzene rings is 1. The largest absolute Gasteiger partial charge is 0.493 e. The van der Waals surface area contributed by atoms with E-state index in [1.54, 1.807) is 35.1 Å². The highest BCUT2D eigenvalue weighted by Crippen LogP contribution is 2.13. The first-order valence-electron chi connectivity index (χ1n) is 6.35. The first kappa shape index (κ1) is 13.9. The predicted octanol–water partition coefficient (Wildman–Crippen LogP) is 1.48. The van der Waals surface area contributed by atoms with Gasteiger partial charge in [-0.2, -0.15) is 5.10 Å². The van der Waals surface area contributed by atoms with Gasteiger partial charge in [-0.15, -0.1) is 0 Å². The number of esters is 1. The molecule has 1 aromatic carbocycles. The molecule has 0 radical (unpaired) electrons. The Morgan fingerprint density at radius 1 is 1.25 bits per heavy atom. The molecule has 106 valence electrons. The van der Waals surface area contributed by atoms with E-state index in [0.717, 1.165) is 0 Å². The van der Waals surface area contributed by atoms with Gasteiger partial charge in [-0.1, -0.05) is 0 Å². The molecule has 0 atom stereocenters. The van der Waals surface area contributed by atoms with Crippen LogP contribution in [0.2, 0.25) is 0 Å². The molecule has 2 rings (SSSR count). The number of anilines is 1. The Bertz CT molecular complexity index is 523. The zero-order valence-corrected chi connectivity index (χ0v) is 11.1. The van der Waals surface area contributed by atoms with Crippen molar-refractivity contribution >= 4 is 11.7 Å². The van der Waals surface area contributed by atoms with Crippen LogP contribution in [-0.2, 0) is 16.1 Å². The Morgan fingerprint density at radius 3 is 2.75 bits per heavy atom. The summed E-state index contributed by atoms with van der Waals surface area (Å²) in [5, 5.41) is 4.01. The number of carbonyl (C=O) groups excluding carboxylic acids is 1. The van der Waals surface area contributed by atoms with Gasteiger partial charge in [0.25, 0.3) is 0 Å². The zero-order valence-electron chi connectivity index (χ0n) is 11.1. The number of nitrogens with two attached hydrogens (primary N) is 1. The van der Waals surface area contributed by atoms with E-state index in [1.165, 1.54) is 0 Å². The third-order valence-electron chi connectivity index (χ3n) is 2.60. The molecule has 0 amide bonds. The minimum Gasteiger partial charge on any atom is -0.493 e. The summed E-state index contributed by atoms with van der Waals surface area (Å²) in [6, 6.07) is 8.84. The molecule has 6 heteroatoms. The lowest BCUT2D eigenvalue weighted by Crippen LogP contribution is -2.14. The average Bonchev–Trinajstić information content (AvgIpc) is 2.94. The SMILES string of the molecule is Nc1ccc(OCCC(=O)OCCn2cccn2)cc1. The maximum absolute atomic E-state index is 11.5. The van der Waals surface area contributed by atoms with Crippen molar-refractivity contribution in [1.29, 1.82) is 0 Å². The van der Waals surface area contributed by atoms with Gasteiger partial charge < -0.3 is 15.2 Å². The molecule has 0 saturated carbocycles. The number of carbonyl (C=O) groups is 1. The normalized spacial score (nSPS) is 10.2. The quantitative estimate of drug-likeness (QED) is 0.611. The fourth-order valence-corrected chi connectivity index (χ4v) is 1.57. The second-order valence-electron chi connectivity index (χ2n) is 4.16. The van der Waals surface area contributed by atoms with E-state index >= 15 is 0 Å². The number of rotatable bonds is 7. The molecule has 0 bridgehead atoms. The predicted molar refractivity (Wildman–Crippen MR) is 74.2 cm³/mol. The summed E-state index contributed by atoms with van der Waals surface area (Å²) >= 11 is 0. The van der Waals surface area contributed by atoms with E-state index < -0.39 is 0 Å². The second-order valence-corrected chi connectivity index (χ2v) is 4.16. The molecule has 2 aromatic rings. The highest BCUT2D eigenvalue weighted by atomic mass is 16.5. The van der Waals surface area contributed by atoms with Crippen LogP contribution in [0.5, 0.6) is 5.75 Å². The van der Waals surface area contributed by atoms with E-state index in [2.05, 4.69) is 5.10 Å². The smallest absolute Gasteiger partial charge is 0.309 e. The fourth-order valence-electron chi connectivity index (χ4n) is 1.57. The summed E-state index contributed by atoms with van der Waals surface area (Å²) in [5.74, 6) is 0.399. The highest BCUT2D eigenvalue weighted by Gasteiger charge is 2.03. The third-order valence-corrected chi connectivity index (χ3v) is 2.60. The van der Waals surface area contributed by atoms with Crippen LogP contribution in [0, 0.1) is 0 Å². The molecule has 0 unspecified atom stereocenters. The number of nitrogen functional groups attached to an aromatic ring is 1. The summed E-state index contributed by atoms with van der Waals surface area (Å²) in [6.45, 7) is 1.14. The van der Waals surface area contributed by atoms with Crippen molar-refractivity contribution in [1.82, 2.24) is 9.78 Å². The van der Waals surface area contributed by atoms with E-state index in [0.29, 0.717) is 24.6 Å². The van der Waals surface area contributed by atoms with Crippen LogP contribution in [0.4, 0.5) is 5.69 Å². The molecule has 0 aliphatic rings. The van der Waals surface area contributed by atoms with Gasteiger partial charge >= 0.3 is 5.97 Å². The first-order chi connectivity index (χ1) is 9.74. The van der Waals surface area contributed by atoms with Crippen molar-refractivity contribution in [3.8, 4) is 5.75 Å². The molecular weight excluding hydrogens is 258 g/mol. The molecule has 1 aromatic heterocycles. The number of nitrogens with zero attached hydrogens (tertiary/aromatic N) is 2. The molecule has 0 aliphatic heterocycles. The van der Waals surface area contributed by atoms with Crippen molar-refractivity contribution in [2.45, 2.75) is 13.0 Å². The Balaban J connectivity index is 1.59. The topological polar surface area (TPSA) is 79.4 Å². The monoisotopic (exact) mass is 275 g/mol. The van der Waals surface area contributed by atoms with Crippen LogP contribution < -0.4 is 10.5 Å². The second kappa shape index (κ2) is 7.18. The van der Waals surface area contributed by atoms with E-state index in [-0.39, 0.29) is 19.0 Å². The first-order valence-corrected chi connectivity index (χ1v) is 6.35. The van der Waals surface area contributed by atoms with Crippen molar-refractivity contribution < 1.29 is 14.3 Å². The van der Waals surface area contributed by atoms with Crippen LogP contribution in [0.3, 0.4) is 0 Å². The summed E-state index contributed by atoms with van der Waals surface area (Å²) in [6.07, 6.45) is 3.71. The summed E-state index contributed by atoms with van der Waals surface area (Å²) in [4.78, 5) is 11.5. The summed E-state index contributed by atoms with van der Waals surface area (Å²) in [5.41, 5.74) is 6.24. The standard InChI is InChI=1S/C14H17N3O3/c15-12-2-4-13(5-3-12)19-10-6-14(18)20-11-9-17-8-1-7-16-17/h1-5,7-8H,6,9-11,15H2. The van der Waals surface area contributed by atoms with Gasteiger partial charge in [0, 0.05) is 18.1 Å². The van der Waals surface area contributed by atoms with E-state index in [4.69, 9.17) is 15.2 Å². The molecule has 2 N–H and O–H groups in total. The zero-order chi connectivity index (χ0) is 14.2.